The van der Waals surface area contributed by atoms with E-state index in [1.165, 1.54) is 16.7 Å². The van der Waals surface area contributed by atoms with E-state index in [9.17, 15) is 5.11 Å². The SMILES string of the molecule is Cc1cc(-c2cnc(N)c(-n3cc(C(O)NCc4cccnc4)cn3)n2)cc2c1CCN(C)C2. The molecule has 1 atom stereocenters. The highest BCUT2D eigenvalue weighted by Crippen LogP contribution is 2.29. The molecule has 0 radical (unpaired) electrons. The number of hydrogen-bond acceptors (Lipinski definition) is 8. The molecular weight excluding hydrogens is 428 g/mol. The largest absolute Gasteiger partial charge is 0.381 e. The van der Waals surface area contributed by atoms with Crippen LogP contribution in [0, 0.1) is 6.92 Å². The molecule has 0 amide bonds. The van der Waals surface area contributed by atoms with Crippen molar-refractivity contribution in [2.24, 2.45) is 0 Å². The summed E-state index contributed by atoms with van der Waals surface area (Å²) in [5, 5.41) is 18.0. The Balaban J connectivity index is 1.39. The normalized spacial score (nSPS) is 14.7. The highest BCUT2D eigenvalue weighted by Gasteiger charge is 2.18. The van der Waals surface area contributed by atoms with Gasteiger partial charge >= 0.3 is 0 Å². The van der Waals surface area contributed by atoms with E-state index >= 15 is 0 Å². The molecule has 4 N–H and O–H groups in total. The second-order valence-electron chi connectivity index (χ2n) is 8.75. The van der Waals surface area contributed by atoms with Crippen molar-refractivity contribution in [2.45, 2.75) is 32.7 Å². The van der Waals surface area contributed by atoms with E-state index in [1.54, 1.807) is 35.7 Å². The molecule has 1 unspecified atom stereocenters. The summed E-state index contributed by atoms with van der Waals surface area (Å²) in [4.78, 5) is 15.6. The number of likely N-dealkylation sites (N-methyl/N-ethyl adjacent to an activating group) is 1. The molecule has 0 saturated heterocycles. The number of pyridine rings is 1. The summed E-state index contributed by atoms with van der Waals surface area (Å²) < 4.78 is 1.55. The first-order chi connectivity index (χ1) is 16.5. The minimum atomic E-state index is -0.897. The van der Waals surface area contributed by atoms with Gasteiger partial charge in [-0.05, 0) is 60.8 Å². The van der Waals surface area contributed by atoms with Crippen LogP contribution in [0.1, 0.15) is 34.0 Å². The van der Waals surface area contributed by atoms with Crippen molar-refractivity contribution in [1.82, 2.24) is 34.9 Å². The summed E-state index contributed by atoms with van der Waals surface area (Å²) in [5.41, 5.74) is 13.5. The summed E-state index contributed by atoms with van der Waals surface area (Å²) in [6.45, 7) is 4.62. The molecule has 9 nitrogen and oxygen atoms in total. The third kappa shape index (κ3) is 4.54. The molecule has 174 valence electrons. The number of nitrogens with two attached hydrogens (primary N) is 1. The van der Waals surface area contributed by atoms with Crippen molar-refractivity contribution in [1.29, 1.82) is 0 Å². The quantitative estimate of drug-likeness (QED) is 0.379. The van der Waals surface area contributed by atoms with Gasteiger partial charge in [-0.1, -0.05) is 6.07 Å². The lowest BCUT2D eigenvalue weighted by molar-refractivity contribution is 0.137. The number of nitrogen functional groups attached to an aromatic ring is 1. The highest BCUT2D eigenvalue weighted by atomic mass is 16.3. The Kier molecular flexibility index (Phi) is 6.06. The monoisotopic (exact) mass is 456 g/mol. The predicted octanol–water partition coefficient (Wildman–Crippen LogP) is 2.38. The van der Waals surface area contributed by atoms with Crippen LogP contribution in [0.5, 0.6) is 0 Å². The van der Waals surface area contributed by atoms with Crippen LogP contribution in [0.2, 0.25) is 0 Å². The second kappa shape index (κ2) is 9.30. The summed E-state index contributed by atoms with van der Waals surface area (Å²) >= 11 is 0. The maximum absolute atomic E-state index is 10.6. The van der Waals surface area contributed by atoms with Crippen molar-refractivity contribution in [3.63, 3.8) is 0 Å². The maximum atomic E-state index is 10.6. The summed E-state index contributed by atoms with van der Waals surface area (Å²) in [7, 11) is 2.14. The number of rotatable bonds is 6. The van der Waals surface area contributed by atoms with Crippen molar-refractivity contribution in [3.8, 4) is 17.1 Å². The number of benzene rings is 1. The Bertz CT molecular complexity index is 1300. The van der Waals surface area contributed by atoms with Gasteiger partial charge in [-0.25, -0.2) is 14.6 Å². The molecule has 0 bridgehead atoms. The number of nitrogens with zero attached hydrogens (tertiary/aromatic N) is 6. The first-order valence-corrected chi connectivity index (χ1v) is 11.3. The van der Waals surface area contributed by atoms with Crippen molar-refractivity contribution >= 4 is 5.82 Å². The number of aliphatic hydroxyl groups is 1. The molecular formula is C25H28N8O. The van der Waals surface area contributed by atoms with Gasteiger partial charge in [-0.2, -0.15) is 5.10 Å². The van der Waals surface area contributed by atoms with Crippen molar-refractivity contribution < 1.29 is 5.11 Å². The molecule has 4 heterocycles. The van der Waals surface area contributed by atoms with Gasteiger partial charge in [0.1, 0.15) is 6.23 Å². The van der Waals surface area contributed by atoms with Gasteiger partial charge in [0, 0.05) is 49.4 Å². The topological polar surface area (TPSA) is 118 Å². The standard InChI is InChI=1S/C25H28N8O/c1-16-8-18(9-19-14-32(2)7-5-21(16)19)22-13-28-23(26)24(31-22)33-15-20(12-30-33)25(34)29-11-17-4-3-6-27-10-17/h3-4,6,8-10,12-13,15,25,29,34H,5,7,11,14H2,1-2H3,(H2,26,28). The maximum Gasteiger partial charge on any atom is 0.196 e. The van der Waals surface area contributed by atoms with E-state index in [0.717, 1.165) is 36.3 Å². The number of fused-ring (bicyclic) bond motifs is 1. The van der Waals surface area contributed by atoms with Gasteiger partial charge in [-0.15, -0.1) is 0 Å². The Morgan fingerprint density at radius 1 is 1.24 bits per heavy atom. The molecule has 0 spiro atoms. The van der Waals surface area contributed by atoms with Crippen LogP contribution in [0.3, 0.4) is 0 Å². The predicted molar refractivity (Wildman–Crippen MR) is 130 cm³/mol. The molecule has 4 aromatic rings. The molecule has 1 aliphatic rings. The smallest absolute Gasteiger partial charge is 0.196 e. The van der Waals surface area contributed by atoms with E-state index in [-0.39, 0.29) is 5.82 Å². The lowest BCUT2D eigenvalue weighted by Gasteiger charge is -2.27. The van der Waals surface area contributed by atoms with Crippen LogP contribution in [0.15, 0.2) is 55.2 Å². The van der Waals surface area contributed by atoms with Gasteiger partial charge in [0.25, 0.3) is 0 Å². The molecule has 5 rings (SSSR count). The number of aliphatic hydroxyl groups excluding tert-OH is 1. The van der Waals surface area contributed by atoms with Crippen molar-refractivity contribution in [3.05, 3.63) is 83.1 Å². The number of nitrogens with one attached hydrogen (secondary N) is 1. The lowest BCUT2D eigenvalue weighted by atomic mass is 9.92. The zero-order valence-electron chi connectivity index (χ0n) is 19.3. The van der Waals surface area contributed by atoms with E-state index < -0.39 is 6.23 Å². The highest BCUT2D eigenvalue weighted by molar-refractivity contribution is 5.65. The van der Waals surface area contributed by atoms with Crippen molar-refractivity contribution in [2.75, 3.05) is 19.3 Å². The molecule has 1 aliphatic heterocycles. The van der Waals surface area contributed by atoms with Crippen LogP contribution >= 0.6 is 0 Å². The van der Waals surface area contributed by atoms with Crippen LogP contribution in [0.25, 0.3) is 17.1 Å². The molecule has 3 aromatic heterocycles. The number of aryl methyl sites for hydroxylation is 1. The zero-order valence-corrected chi connectivity index (χ0v) is 19.3. The minimum absolute atomic E-state index is 0.269. The zero-order chi connectivity index (χ0) is 23.7. The number of anilines is 1. The van der Waals surface area contributed by atoms with Gasteiger partial charge in [0.05, 0.1) is 18.1 Å². The van der Waals surface area contributed by atoms with Gasteiger partial charge in [-0.3, -0.25) is 10.3 Å². The lowest BCUT2D eigenvalue weighted by Crippen LogP contribution is -2.27. The Hall–Kier alpha value is -3.66. The van der Waals surface area contributed by atoms with Crippen LogP contribution in [-0.4, -0.2) is 48.3 Å². The van der Waals surface area contributed by atoms with Crippen LogP contribution in [-0.2, 0) is 19.5 Å². The third-order valence-electron chi connectivity index (χ3n) is 6.18. The van der Waals surface area contributed by atoms with Crippen LogP contribution < -0.4 is 11.1 Å². The van der Waals surface area contributed by atoms with Gasteiger partial charge in [0.2, 0.25) is 0 Å². The fraction of sp³-hybridized carbons (Fsp3) is 0.280. The Morgan fingerprint density at radius 2 is 2.12 bits per heavy atom. The first-order valence-electron chi connectivity index (χ1n) is 11.3. The van der Waals surface area contributed by atoms with E-state index in [4.69, 9.17) is 10.7 Å². The Morgan fingerprint density at radius 3 is 2.94 bits per heavy atom. The van der Waals surface area contributed by atoms with E-state index in [1.807, 2.05) is 12.1 Å². The van der Waals surface area contributed by atoms with Crippen LogP contribution in [0.4, 0.5) is 5.82 Å². The summed E-state index contributed by atoms with van der Waals surface area (Å²) in [6.07, 6.45) is 8.63. The third-order valence-corrected chi connectivity index (χ3v) is 6.18. The Labute approximate surface area is 198 Å². The summed E-state index contributed by atoms with van der Waals surface area (Å²) in [6, 6.07) is 8.16. The van der Waals surface area contributed by atoms with Gasteiger partial charge < -0.3 is 15.7 Å². The number of hydrogen-bond donors (Lipinski definition) is 3. The second-order valence-corrected chi connectivity index (χ2v) is 8.75. The molecule has 0 fully saturated rings. The average molecular weight is 457 g/mol. The molecule has 1 aromatic carbocycles. The fourth-order valence-corrected chi connectivity index (χ4v) is 4.33. The van der Waals surface area contributed by atoms with Gasteiger partial charge in [0.15, 0.2) is 11.6 Å². The number of aromatic nitrogens is 5. The molecule has 9 heteroatoms. The average Bonchev–Trinajstić information content (AvgIpc) is 3.33. The molecule has 0 aliphatic carbocycles. The first kappa shape index (κ1) is 22.1. The minimum Gasteiger partial charge on any atom is -0.381 e. The van der Waals surface area contributed by atoms with E-state index in [2.05, 4.69) is 51.4 Å². The molecule has 34 heavy (non-hydrogen) atoms. The summed E-state index contributed by atoms with van der Waals surface area (Å²) in [5.74, 6) is 0.696. The fourth-order valence-electron chi connectivity index (χ4n) is 4.33. The van der Waals surface area contributed by atoms with E-state index in [0.29, 0.717) is 17.9 Å². The molecule has 0 saturated carbocycles.